The Balaban J connectivity index is 2.50. The monoisotopic (exact) mass is 290 g/mol. The number of carbonyl (C=O) groups is 1. The van der Waals surface area contributed by atoms with Crippen LogP contribution in [-0.4, -0.2) is 54.1 Å². The highest BCUT2D eigenvalue weighted by Gasteiger charge is 2.44. The van der Waals surface area contributed by atoms with Crippen LogP contribution < -0.4 is 0 Å². The van der Waals surface area contributed by atoms with E-state index < -0.39 is 11.5 Å². The number of carboxylic acids is 1. The lowest BCUT2D eigenvalue weighted by atomic mass is 9.82. The molecule has 0 aliphatic carbocycles. The molecule has 4 heteroatoms. The molecule has 21 heavy (non-hydrogen) atoms. The molecule has 2 rings (SSSR count). The van der Waals surface area contributed by atoms with Gasteiger partial charge in [0.2, 0.25) is 0 Å². The van der Waals surface area contributed by atoms with Crippen molar-refractivity contribution >= 4 is 5.97 Å². The number of hydrogen-bond donors (Lipinski definition) is 1. The van der Waals surface area contributed by atoms with Gasteiger partial charge in [0, 0.05) is 26.2 Å². The molecule has 0 bridgehead atoms. The van der Waals surface area contributed by atoms with Crippen LogP contribution in [0.1, 0.15) is 29.2 Å². The molecule has 1 saturated heterocycles. The van der Waals surface area contributed by atoms with Crippen LogP contribution in [0.4, 0.5) is 0 Å². The highest BCUT2D eigenvalue weighted by atomic mass is 16.4. The summed E-state index contributed by atoms with van der Waals surface area (Å²) in [5.41, 5.74) is 3.31. The van der Waals surface area contributed by atoms with Crippen LogP contribution in [0, 0.1) is 20.8 Å². The Morgan fingerprint density at radius 1 is 1.10 bits per heavy atom. The van der Waals surface area contributed by atoms with E-state index in [4.69, 9.17) is 0 Å². The van der Waals surface area contributed by atoms with Gasteiger partial charge in [0.25, 0.3) is 0 Å². The van der Waals surface area contributed by atoms with Gasteiger partial charge >= 0.3 is 5.97 Å². The zero-order valence-corrected chi connectivity index (χ0v) is 13.7. The molecule has 116 valence electrons. The molecule has 0 aromatic heterocycles. The van der Waals surface area contributed by atoms with Crippen molar-refractivity contribution in [3.05, 3.63) is 34.4 Å². The summed E-state index contributed by atoms with van der Waals surface area (Å²) in [7, 11) is 2.08. The smallest absolute Gasteiger partial charge is 0.328 e. The number of piperazine rings is 1. The Labute approximate surface area is 127 Å². The van der Waals surface area contributed by atoms with Crippen molar-refractivity contribution in [3.63, 3.8) is 0 Å². The van der Waals surface area contributed by atoms with E-state index in [0.717, 1.165) is 42.9 Å². The molecule has 0 saturated carbocycles. The SMILES string of the molecule is Cc1cc(C)c(C(C)(C(=O)O)N2CCN(C)CC2)c(C)c1. The van der Waals surface area contributed by atoms with Crippen molar-refractivity contribution < 1.29 is 9.90 Å². The fourth-order valence-electron chi connectivity index (χ4n) is 3.60. The second-order valence-corrected chi connectivity index (χ2v) is 6.44. The van der Waals surface area contributed by atoms with Crippen molar-refractivity contribution in [2.24, 2.45) is 0 Å². The third-order valence-corrected chi connectivity index (χ3v) is 4.72. The van der Waals surface area contributed by atoms with Gasteiger partial charge in [0.1, 0.15) is 5.54 Å². The third kappa shape index (κ3) is 2.83. The maximum Gasteiger partial charge on any atom is 0.328 e. The van der Waals surface area contributed by atoms with Gasteiger partial charge in [0.05, 0.1) is 0 Å². The summed E-state index contributed by atoms with van der Waals surface area (Å²) in [5, 5.41) is 9.97. The molecule has 1 aliphatic heterocycles. The lowest BCUT2D eigenvalue weighted by Gasteiger charge is -2.44. The van der Waals surface area contributed by atoms with Crippen LogP contribution in [0.3, 0.4) is 0 Å². The lowest BCUT2D eigenvalue weighted by Crippen LogP contribution is -2.57. The second kappa shape index (κ2) is 5.78. The van der Waals surface area contributed by atoms with Crippen LogP contribution in [0.15, 0.2) is 12.1 Å². The molecule has 1 atom stereocenters. The van der Waals surface area contributed by atoms with Crippen LogP contribution in [-0.2, 0) is 10.3 Å². The summed E-state index contributed by atoms with van der Waals surface area (Å²) >= 11 is 0. The zero-order valence-electron chi connectivity index (χ0n) is 13.7. The molecule has 1 unspecified atom stereocenters. The third-order valence-electron chi connectivity index (χ3n) is 4.72. The maximum atomic E-state index is 12.1. The Morgan fingerprint density at radius 2 is 1.57 bits per heavy atom. The van der Waals surface area contributed by atoms with Gasteiger partial charge in [-0.15, -0.1) is 0 Å². The van der Waals surface area contributed by atoms with Gasteiger partial charge in [0.15, 0.2) is 0 Å². The van der Waals surface area contributed by atoms with Crippen molar-refractivity contribution in [1.29, 1.82) is 0 Å². The number of carboxylic acid groups (broad SMARTS) is 1. The minimum absolute atomic E-state index is 0.762. The highest BCUT2D eigenvalue weighted by molar-refractivity contribution is 5.81. The van der Waals surface area contributed by atoms with Crippen molar-refractivity contribution in [1.82, 2.24) is 9.80 Å². The Kier molecular flexibility index (Phi) is 4.40. The van der Waals surface area contributed by atoms with Crippen molar-refractivity contribution in [3.8, 4) is 0 Å². The topological polar surface area (TPSA) is 43.8 Å². The molecule has 4 nitrogen and oxygen atoms in total. The number of aliphatic carboxylic acids is 1. The largest absolute Gasteiger partial charge is 0.480 e. The fourth-order valence-corrected chi connectivity index (χ4v) is 3.60. The summed E-state index contributed by atoms with van der Waals surface area (Å²) in [5.74, 6) is -0.762. The van der Waals surface area contributed by atoms with Gasteiger partial charge in [-0.2, -0.15) is 0 Å². The molecule has 1 aliphatic rings. The van der Waals surface area contributed by atoms with Crippen molar-refractivity contribution in [2.75, 3.05) is 33.2 Å². The van der Waals surface area contributed by atoms with Crippen LogP contribution in [0.25, 0.3) is 0 Å². The molecule has 1 aromatic rings. The maximum absolute atomic E-state index is 12.1. The molecular weight excluding hydrogens is 264 g/mol. The highest BCUT2D eigenvalue weighted by Crippen LogP contribution is 2.35. The van der Waals surface area contributed by atoms with Gasteiger partial charge in [-0.3, -0.25) is 4.90 Å². The minimum atomic E-state index is -0.955. The number of aryl methyl sites for hydroxylation is 3. The van der Waals surface area contributed by atoms with E-state index in [1.54, 1.807) is 0 Å². The quantitative estimate of drug-likeness (QED) is 0.926. The normalized spacial score (nSPS) is 20.2. The average Bonchev–Trinajstić information content (AvgIpc) is 2.37. The molecule has 1 N–H and O–H groups in total. The summed E-state index contributed by atoms with van der Waals surface area (Å²) in [6.45, 7) is 11.3. The lowest BCUT2D eigenvalue weighted by molar-refractivity contribution is -0.152. The average molecular weight is 290 g/mol. The van der Waals surface area contributed by atoms with Crippen LogP contribution in [0.2, 0.25) is 0 Å². The van der Waals surface area contributed by atoms with Crippen LogP contribution >= 0.6 is 0 Å². The minimum Gasteiger partial charge on any atom is -0.480 e. The second-order valence-electron chi connectivity index (χ2n) is 6.44. The predicted octanol–water partition coefficient (Wildman–Crippen LogP) is 2.16. The summed E-state index contributed by atoms with van der Waals surface area (Å²) < 4.78 is 0. The standard InChI is InChI=1S/C17H26N2O2/c1-12-10-13(2)15(14(3)11-12)17(4,16(20)21)19-8-6-18(5)7-9-19/h10-11H,6-9H2,1-5H3,(H,20,21). The predicted molar refractivity (Wildman–Crippen MR) is 84.7 cm³/mol. The zero-order chi connectivity index (χ0) is 15.8. The van der Waals surface area contributed by atoms with Crippen LogP contribution in [0.5, 0.6) is 0 Å². The molecule has 1 aromatic carbocycles. The van der Waals surface area contributed by atoms with Gasteiger partial charge in [-0.1, -0.05) is 17.7 Å². The summed E-state index contributed by atoms with van der Waals surface area (Å²) in [6.07, 6.45) is 0. The van der Waals surface area contributed by atoms with E-state index in [2.05, 4.69) is 35.9 Å². The summed E-state index contributed by atoms with van der Waals surface area (Å²) in [4.78, 5) is 16.5. The Bertz CT molecular complexity index is 525. The van der Waals surface area contributed by atoms with E-state index >= 15 is 0 Å². The number of likely N-dealkylation sites (N-methyl/N-ethyl adjacent to an activating group) is 1. The first-order valence-electron chi connectivity index (χ1n) is 7.52. The van der Waals surface area contributed by atoms with E-state index in [9.17, 15) is 9.90 Å². The van der Waals surface area contributed by atoms with E-state index in [1.165, 1.54) is 5.56 Å². The molecule has 1 fully saturated rings. The van der Waals surface area contributed by atoms with Gasteiger partial charge in [-0.05, 0) is 51.4 Å². The Hall–Kier alpha value is -1.39. The Morgan fingerprint density at radius 3 is 2.00 bits per heavy atom. The molecule has 0 spiro atoms. The number of benzene rings is 1. The first-order valence-corrected chi connectivity index (χ1v) is 7.52. The number of nitrogens with zero attached hydrogens (tertiary/aromatic N) is 2. The number of hydrogen-bond acceptors (Lipinski definition) is 3. The van der Waals surface area contributed by atoms with Crippen molar-refractivity contribution in [2.45, 2.75) is 33.2 Å². The van der Waals surface area contributed by atoms with Gasteiger partial charge < -0.3 is 10.0 Å². The number of rotatable bonds is 3. The molecule has 0 amide bonds. The first kappa shape index (κ1) is 16.0. The first-order chi connectivity index (χ1) is 9.76. The molecule has 0 radical (unpaired) electrons. The fraction of sp³-hybridized carbons (Fsp3) is 0.588. The van der Waals surface area contributed by atoms with E-state index in [0.29, 0.717) is 0 Å². The van der Waals surface area contributed by atoms with E-state index in [1.807, 2.05) is 20.8 Å². The van der Waals surface area contributed by atoms with Gasteiger partial charge in [-0.25, -0.2) is 4.79 Å². The molecular formula is C17H26N2O2. The molecule has 1 heterocycles. The summed E-state index contributed by atoms with van der Waals surface area (Å²) in [6, 6.07) is 4.17. The van der Waals surface area contributed by atoms with E-state index in [-0.39, 0.29) is 0 Å².